The first-order valence-corrected chi connectivity index (χ1v) is 10.7. The largest absolute Gasteiger partial charge is 0.474 e. The third kappa shape index (κ3) is 3.64. The van der Waals surface area contributed by atoms with Crippen molar-refractivity contribution in [2.75, 3.05) is 12.4 Å². The second-order valence-electron chi connectivity index (χ2n) is 7.70. The minimum absolute atomic E-state index is 0.127. The summed E-state index contributed by atoms with van der Waals surface area (Å²) < 4.78 is 7.81. The van der Waals surface area contributed by atoms with Crippen LogP contribution in [0.5, 0.6) is 5.88 Å². The van der Waals surface area contributed by atoms with E-state index < -0.39 is 0 Å². The zero-order valence-corrected chi connectivity index (χ0v) is 18.4. The maximum atomic E-state index is 11.9. The lowest BCUT2D eigenvalue weighted by Crippen LogP contribution is -2.25. The number of nitrogens with zero attached hydrogens (tertiary/aromatic N) is 4. The van der Waals surface area contributed by atoms with Crippen LogP contribution in [0.2, 0.25) is 5.15 Å². The fourth-order valence-electron chi connectivity index (χ4n) is 3.59. The van der Waals surface area contributed by atoms with E-state index in [1.54, 1.807) is 37.1 Å². The number of aromatic nitrogens is 5. The average molecular weight is 452 g/mol. The first-order chi connectivity index (χ1) is 15.5. The molecule has 0 spiro atoms. The summed E-state index contributed by atoms with van der Waals surface area (Å²) in [6.07, 6.45) is 6.79. The van der Waals surface area contributed by atoms with E-state index in [4.69, 9.17) is 16.3 Å². The molecule has 4 aromatic rings. The molecule has 1 aliphatic carbocycles. The van der Waals surface area contributed by atoms with Crippen molar-refractivity contribution < 1.29 is 9.53 Å². The lowest BCUT2D eigenvalue weighted by molar-refractivity contribution is 0.0963. The van der Waals surface area contributed by atoms with Crippen LogP contribution in [-0.4, -0.2) is 43.8 Å². The van der Waals surface area contributed by atoms with Crippen molar-refractivity contribution in [1.82, 2.24) is 30.0 Å². The van der Waals surface area contributed by atoms with Gasteiger partial charge in [0, 0.05) is 31.4 Å². The number of hydrogen-bond acceptors (Lipinski definition) is 6. The molecule has 3 N–H and O–H groups in total. The standard InChI is InChI=1S/C22H22ClN7O2/c1-24-20(31)13-8-6-12(7-9-13)15-10-25-19-17(15)21(32-14-4-3-5-14)29-22(28-19)27-16-11-26-30(2)18(16)23/h6-11,14H,3-5H2,1-2H3,(H,24,31)(H2,25,27,28,29). The van der Waals surface area contributed by atoms with Crippen molar-refractivity contribution in [3.8, 4) is 17.0 Å². The highest BCUT2D eigenvalue weighted by Gasteiger charge is 2.24. The van der Waals surface area contributed by atoms with Crippen LogP contribution in [0.3, 0.4) is 0 Å². The number of ether oxygens (including phenoxy) is 1. The van der Waals surface area contributed by atoms with E-state index in [-0.39, 0.29) is 12.0 Å². The Morgan fingerprint density at radius 3 is 2.66 bits per heavy atom. The fourth-order valence-corrected chi connectivity index (χ4v) is 3.73. The second kappa shape index (κ2) is 8.16. The third-order valence-electron chi connectivity index (χ3n) is 5.63. The molecule has 10 heteroatoms. The molecule has 1 aromatic carbocycles. The number of fused-ring (bicyclic) bond motifs is 1. The average Bonchev–Trinajstić information content (AvgIpc) is 3.34. The van der Waals surface area contributed by atoms with Crippen LogP contribution in [0.15, 0.2) is 36.7 Å². The van der Waals surface area contributed by atoms with Crippen LogP contribution in [0.4, 0.5) is 11.6 Å². The van der Waals surface area contributed by atoms with E-state index >= 15 is 0 Å². The summed E-state index contributed by atoms with van der Waals surface area (Å²) in [7, 11) is 3.37. The van der Waals surface area contributed by atoms with Crippen LogP contribution in [0.1, 0.15) is 29.6 Å². The van der Waals surface area contributed by atoms with Gasteiger partial charge in [0.1, 0.15) is 16.9 Å². The summed E-state index contributed by atoms with van der Waals surface area (Å²) >= 11 is 6.28. The van der Waals surface area contributed by atoms with E-state index in [0.717, 1.165) is 35.8 Å². The van der Waals surface area contributed by atoms with Crippen molar-refractivity contribution in [1.29, 1.82) is 0 Å². The molecular weight excluding hydrogens is 430 g/mol. The lowest BCUT2D eigenvalue weighted by Gasteiger charge is -2.26. The minimum atomic E-state index is -0.127. The highest BCUT2D eigenvalue weighted by Crippen LogP contribution is 2.37. The lowest BCUT2D eigenvalue weighted by atomic mass is 9.96. The predicted molar refractivity (Wildman–Crippen MR) is 122 cm³/mol. The Morgan fingerprint density at radius 1 is 1.25 bits per heavy atom. The summed E-state index contributed by atoms with van der Waals surface area (Å²) in [6, 6.07) is 7.39. The molecule has 1 aliphatic rings. The van der Waals surface area contributed by atoms with Gasteiger partial charge in [0.25, 0.3) is 5.91 Å². The number of nitrogens with one attached hydrogen (secondary N) is 3. The number of H-pyrrole nitrogens is 1. The number of rotatable bonds is 6. The number of halogens is 1. The first-order valence-electron chi connectivity index (χ1n) is 10.4. The van der Waals surface area contributed by atoms with Gasteiger partial charge in [-0.15, -0.1) is 0 Å². The van der Waals surface area contributed by atoms with Gasteiger partial charge in [0.15, 0.2) is 0 Å². The van der Waals surface area contributed by atoms with Gasteiger partial charge in [-0.1, -0.05) is 23.7 Å². The van der Waals surface area contributed by atoms with E-state index in [0.29, 0.717) is 33.9 Å². The normalized spacial score (nSPS) is 13.7. The SMILES string of the molecule is CNC(=O)c1ccc(-c2c[nH]c3nc(Nc4cnn(C)c4Cl)nc(OC4CCC4)c23)cc1. The number of carbonyl (C=O) groups is 1. The highest BCUT2D eigenvalue weighted by molar-refractivity contribution is 6.32. The number of benzene rings is 1. The molecule has 1 amide bonds. The van der Waals surface area contributed by atoms with Gasteiger partial charge in [0.05, 0.1) is 17.3 Å². The van der Waals surface area contributed by atoms with E-state index in [9.17, 15) is 4.79 Å². The molecule has 5 rings (SSSR count). The molecule has 9 nitrogen and oxygen atoms in total. The monoisotopic (exact) mass is 451 g/mol. The molecule has 0 atom stereocenters. The smallest absolute Gasteiger partial charge is 0.251 e. The van der Waals surface area contributed by atoms with Crippen LogP contribution in [0, 0.1) is 0 Å². The van der Waals surface area contributed by atoms with Crippen molar-refractivity contribution in [2.45, 2.75) is 25.4 Å². The van der Waals surface area contributed by atoms with Crippen molar-refractivity contribution >= 4 is 40.2 Å². The van der Waals surface area contributed by atoms with E-state index in [1.165, 1.54) is 0 Å². The number of amides is 1. The van der Waals surface area contributed by atoms with Crippen LogP contribution < -0.4 is 15.4 Å². The summed E-state index contributed by atoms with van der Waals surface area (Å²) in [5, 5.41) is 11.2. The molecule has 3 heterocycles. The van der Waals surface area contributed by atoms with Gasteiger partial charge in [-0.05, 0) is 37.0 Å². The van der Waals surface area contributed by atoms with Gasteiger partial charge in [-0.3, -0.25) is 9.48 Å². The van der Waals surface area contributed by atoms with Crippen molar-refractivity contribution in [2.24, 2.45) is 7.05 Å². The Bertz CT molecular complexity index is 1290. The summed E-state index contributed by atoms with van der Waals surface area (Å²) in [5.74, 6) is 0.747. The molecule has 0 unspecified atom stereocenters. The van der Waals surface area contributed by atoms with Crippen LogP contribution in [-0.2, 0) is 7.05 Å². The molecular formula is C22H22ClN7O2. The molecule has 0 bridgehead atoms. The van der Waals surface area contributed by atoms with Gasteiger partial charge in [0.2, 0.25) is 11.8 Å². The van der Waals surface area contributed by atoms with E-state index in [2.05, 4.69) is 30.7 Å². The molecule has 164 valence electrons. The maximum Gasteiger partial charge on any atom is 0.251 e. The molecule has 1 saturated carbocycles. The first kappa shape index (κ1) is 20.3. The van der Waals surface area contributed by atoms with Gasteiger partial charge < -0.3 is 20.4 Å². The second-order valence-corrected chi connectivity index (χ2v) is 8.06. The zero-order valence-electron chi connectivity index (χ0n) is 17.6. The molecule has 0 radical (unpaired) electrons. The van der Waals surface area contributed by atoms with Gasteiger partial charge >= 0.3 is 0 Å². The third-order valence-corrected chi connectivity index (χ3v) is 6.08. The quantitative estimate of drug-likeness (QED) is 0.408. The highest BCUT2D eigenvalue weighted by atomic mass is 35.5. The van der Waals surface area contributed by atoms with Gasteiger partial charge in [-0.25, -0.2) is 0 Å². The van der Waals surface area contributed by atoms with E-state index in [1.807, 2.05) is 18.3 Å². The molecule has 0 saturated heterocycles. The topological polar surface area (TPSA) is 110 Å². The maximum absolute atomic E-state index is 11.9. The Labute approximate surface area is 189 Å². The number of aryl methyl sites for hydroxylation is 1. The van der Waals surface area contributed by atoms with Gasteiger partial charge in [-0.2, -0.15) is 15.1 Å². The molecule has 0 aliphatic heterocycles. The fraction of sp³-hybridized carbons (Fsp3) is 0.273. The van der Waals surface area contributed by atoms with Crippen molar-refractivity contribution in [3.63, 3.8) is 0 Å². The van der Waals surface area contributed by atoms with Crippen LogP contribution in [0.25, 0.3) is 22.2 Å². The zero-order chi connectivity index (χ0) is 22.2. The van der Waals surface area contributed by atoms with Crippen LogP contribution >= 0.6 is 11.6 Å². The molecule has 3 aromatic heterocycles. The Morgan fingerprint density at radius 2 is 2.03 bits per heavy atom. The minimum Gasteiger partial charge on any atom is -0.474 e. The number of anilines is 2. The Hall–Kier alpha value is -3.59. The predicted octanol–water partition coefficient (Wildman–Crippen LogP) is 4.05. The van der Waals surface area contributed by atoms with Crippen molar-refractivity contribution in [3.05, 3.63) is 47.4 Å². The summed E-state index contributed by atoms with van der Waals surface area (Å²) in [6.45, 7) is 0. The summed E-state index contributed by atoms with van der Waals surface area (Å²) in [5.41, 5.74) is 3.69. The molecule has 1 fully saturated rings. The Balaban J connectivity index is 1.56. The Kier molecular flexibility index (Phi) is 5.18. The number of aromatic amines is 1. The number of carbonyl (C=O) groups excluding carboxylic acids is 1. The summed E-state index contributed by atoms with van der Waals surface area (Å²) in [4.78, 5) is 24.4. The molecule has 32 heavy (non-hydrogen) atoms. The number of hydrogen-bond donors (Lipinski definition) is 3.